The van der Waals surface area contributed by atoms with Crippen LogP contribution >= 0.6 is 0 Å². The number of nitrogens with zero attached hydrogens (tertiary/aromatic N) is 1. The molecule has 5 nitrogen and oxygen atoms in total. The molecule has 0 unspecified atom stereocenters. The van der Waals surface area contributed by atoms with Crippen LogP contribution in [0.1, 0.15) is 17.5 Å². The highest BCUT2D eigenvalue weighted by atomic mass is 32.2. The number of benzene rings is 1. The summed E-state index contributed by atoms with van der Waals surface area (Å²) >= 11 is 0. The predicted molar refractivity (Wildman–Crippen MR) is 86.9 cm³/mol. The first kappa shape index (κ1) is 15.7. The van der Waals surface area contributed by atoms with Gasteiger partial charge in [-0.25, -0.2) is 13.1 Å². The molecule has 0 radical (unpaired) electrons. The van der Waals surface area contributed by atoms with Gasteiger partial charge in [0, 0.05) is 26.2 Å². The molecule has 0 saturated carbocycles. The van der Waals surface area contributed by atoms with Gasteiger partial charge >= 0.3 is 0 Å². The molecule has 1 aromatic rings. The minimum atomic E-state index is -3.37. The normalized spacial score (nSPS) is 19.5. The van der Waals surface area contributed by atoms with E-state index >= 15 is 0 Å². The van der Waals surface area contributed by atoms with Crippen molar-refractivity contribution in [3.63, 3.8) is 0 Å². The lowest BCUT2D eigenvalue weighted by Gasteiger charge is -2.26. The van der Waals surface area contributed by atoms with E-state index in [2.05, 4.69) is 15.7 Å². The van der Waals surface area contributed by atoms with Crippen LogP contribution in [0.2, 0.25) is 0 Å². The summed E-state index contributed by atoms with van der Waals surface area (Å²) in [6.07, 6.45) is 3.16. The maximum Gasteiger partial charge on any atom is 0.236 e. The number of allylic oxidation sites excluding steroid dienone is 1. The standard InChI is InChI=1S/C16H22N2O3S/c19-22(20,17-7-8-18-9-11-21-12-10-18)16-6-5-14-3-1-2-4-15(14)13-16/h1-4,13,17H,5-12H2. The smallest absolute Gasteiger partial charge is 0.236 e. The number of rotatable bonds is 5. The molecular formula is C16H22N2O3S. The van der Waals surface area contributed by atoms with Gasteiger partial charge in [0.1, 0.15) is 0 Å². The molecule has 3 rings (SSSR count). The van der Waals surface area contributed by atoms with Gasteiger partial charge in [-0.05, 0) is 30.0 Å². The Hall–Kier alpha value is -1.21. The van der Waals surface area contributed by atoms with Crippen LogP contribution in [0.4, 0.5) is 0 Å². The van der Waals surface area contributed by atoms with E-state index in [-0.39, 0.29) is 0 Å². The topological polar surface area (TPSA) is 58.6 Å². The minimum Gasteiger partial charge on any atom is -0.379 e. The summed E-state index contributed by atoms with van der Waals surface area (Å²) in [5.74, 6) is 0. The molecule has 1 fully saturated rings. The Morgan fingerprint density at radius 3 is 2.73 bits per heavy atom. The number of fused-ring (bicyclic) bond motifs is 1. The van der Waals surface area contributed by atoms with Gasteiger partial charge in [-0.15, -0.1) is 0 Å². The van der Waals surface area contributed by atoms with E-state index < -0.39 is 10.0 Å². The van der Waals surface area contributed by atoms with Crippen LogP contribution < -0.4 is 4.72 Å². The summed E-state index contributed by atoms with van der Waals surface area (Å²) in [5.41, 5.74) is 2.23. The summed E-state index contributed by atoms with van der Waals surface area (Å²) in [5, 5.41) is 0. The Bertz CT molecular complexity index is 649. The van der Waals surface area contributed by atoms with Crippen molar-refractivity contribution in [3.8, 4) is 0 Å². The third-order valence-electron chi connectivity index (χ3n) is 4.18. The van der Waals surface area contributed by atoms with Gasteiger partial charge in [-0.3, -0.25) is 4.90 Å². The van der Waals surface area contributed by atoms with Gasteiger partial charge < -0.3 is 4.74 Å². The molecule has 0 amide bonds. The average molecular weight is 322 g/mol. The Labute approximate surface area is 132 Å². The molecule has 0 spiro atoms. The molecule has 6 heteroatoms. The van der Waals surface area contributed by atoms with Crippen LogP contribution in [-0.2, 0) is 21.2 Å². The minimum absolute atomic E-state index is 0.446. The van der Waals surface area contributed by atoms with Crippen LogP contribution in [0.5, 0.6) is 0 Å². The molecule has 22 heavy (non-hydrogen) atoms. The summed E-state index contributed by atoms with van der Waals surface area (Å²) < 4.78 is 32.8. The quantitative estimate of drug-likeness (QED) is 0.886. The zero-order chi connectivity index (χ0) is 15.4. The fraction of sp³-hybridized carbons (Fsp3) is 0.500. The fourth-order valence-electron chi connectivity index (χ4n) is 2.87. The van der Waals surface area contributed by atoms with Crippen molar-refractivity contribution in [2.75, 3.05) is 39.4 Å². The first-order valence-corrected chi connectivity index (χ1v) is 9.22. The van der Waals surface area contributed by atoms with Crippen LogP contribution in [-0.4, -0.2) is 52.7 Å². The van der Waals surface area contributed by atoms with E-state index in [4.69, 9.17) is 4.74 Å². The Morgan fingerprint density at radius 2 is 1.91 bits per heavy atom. The number of hydrogen-bond acceptors (Lipinski definition) is 4. The first-order valence-electron chi connectivity index (χ1n) is 7.73. The lowest BCUT2D eigenvalue weighted by molar-refractivity contribution is 0.0390. The van der Waals surface area contributed by atoms with E-state index in [0.717, 1.165) is 44.8 Å². The Kier molecular flexibility index (Phi) is 4.93. The van der Waals surface area contributed by atoms with Crippen molar-refractivity contribution in [2.24, 2.45) is 0 Å². The fourth-order valence-corrected chi connectivity index (χ4v) is 4.07. The van der Waals surface area contributed by atoms with Crippen molar-refractivity contribution < 1.29 is 13.2 Å². The second-order valence-corrected chi connectivity index (χ2v) is 7.48. The number of hydrogen-bond donors (Lipinski definition) is 1. The number of morpholine rings is 1. The number of ether oxygens (including phenoxy) is 1. The lowest BCUT2D eigenvalue weighted by Crippen LogP contribution is -2.41. The summed E-state index contributed by atoms with van der Waals surface area (Å²) in [7, 11) is -3.37. The van der Waals surface area contributed by atoms with Gasteiger partial charge in [0.05, 0.1) is 18.1 Å². The molecule has 1 aliphatic heterocycles. The Morgan fingerprint density at radius 1 is 1.14 bits per heavy atom. The summed E-state index contributed by atoms with van der Waals surface area (Å²) in [4.78, 5) is 2.71. The molecule has 1 aromatic carbocycles. The SMILES string of the molecule is O=S(=O)(NCCN1CCOCC1)C1=Cc2ccccc2CC1. The third kappa shape index (κ3) is 3.76. The average Bonchev–Trinajstić information content (AvgIpc) is 2.55. The zero-order valence-electron chi connectivity index (χ0n) is 12.6. The summed E-state index contributed by atoms with van der Waals surface area (Å²) in [6, 6.07) is 7.96. The van der Waals surface area contributed by atoms with Gasteiger partial charge in [0.25, 0.3) is 0 Å². The first-order chi connectivity index (χ1) is 10.6. The van der Waals surface area contributed by atoms with Crippen LogP contribution in [0, 0.1) is 0 Å². The zero-order valence-corrected chi connectivity index (χ0v) is 13.4. The number of sulfonamides is 1. The van der Waals surface area contributed by atoms with Gasteiger partial charge in [0.2, 0.25) is 10.0 Å². The van der Waals surface area contributed by atoms with Gasteiger partial charge in [0.15, 0.2) is 0 Å². The van der Waals surface area contributed by atoms with Crippen LogP contribution in [0.3, 0.4) is 0 Å². The van der Waals surface area contributed by atoms with E-state index in [1.807, 2.05) is 18.2 Å². The molecule has 0 aromatic heterocycles. The van der Waals surface area contributed by atoms with Gasteiger partial charge in [-0.1, -0.05) is 24.3 Å². The second kappa shape index (κ2) is 6.91. The third-order valence-corrected chi connectivity index (χ3v) is 5.78. The van der Waals surface area contributed by atoms with Crippen molar-refractivity contribution >= 4 is 16.1 Å². The molecular weight excluding hydrogens is 300 g/mol. The monoisotopic (exact) mass is 322 g/mol. The molecule has 2 aliphatic rings. The molecule has 1 heterocycles. The van der Waals surface area contributed by atoms with E-state index in [9.17, 15) is 8.42 Å². The van der Waals surface area contributed by atoms with Crippen molar-refractivity contribution in [1.29, 1.82) is 0 Å². The lowest BCUT2D eigenvalue weighted by atomic mass is 9.98. The molecule has 1 aliphatic carbocycles. The molecule has 1 saturated heterocycles. The number of nitrogens with one attached hydrogen (secondary N) is 1. The van der Waals surface area contributed by atoms with Crippen LogP contribution in [0.25, 0.3) is 6.08 Å². The van der Waals surface area contributed by atoms with E-state index in [1.165, 1.54) is 5.56 Å². The van der Waals surface area contributed by atoms with E-state index in [1.54, 1.807) is 6.08 Å². The second-order valence-electron chi connectivity index (χ2n) is 5.66. The van der Waals surface area contributed by atoms with Crippen LogP contribution in [0.15, 0.2) is 29.2 Å². The van der Waals surface area contributed by atoms with Gasteiger partial charge in [-0.2, -0.15) is 0 Å². The highest BCUT2D eigenvalue weighted by Crippen LogP contribution is 2.26. The predicted octanol–water partition coefficient (Wildman–Crippen LogP) is 1.23. The van der Waals surface area contributed by atoms with Crippen molar-refractivity contribution in [2.45, 2.75) is 12.8 Å². The highest BCUT2D eigenvalue weighted by Gasteiger charge is 2.21. The highest BCUT2D eigenvalue weighted by molar-refractivity contribution is 7.93. The maximum atomic E-state index is 12.4. The summed E-state index contributed by atoms with van der Waals surface area (Å²) in [6.45, 7) is 4.38. The van der Waals surface area contributed by atoms with Crippen molar-refractivity contribution in [3.05, 3.63) is 40.3 Å². The number of aryl methyl sites for hydroxylation is 1. The maximum absolute atomic E-state index is 12.4. The largest absolute Gasteiger partial charge is 0.379 e. The molecule has 0 bridgehead atoms. The molecule has 120 valence electrons. The van der Waals surface area contributed by atoms with E-state index in [0.29, 0.717) is 17.9 Å². The molecule has 1 N–H and O–H groups in total. The Balaban J connectivity index is 1.60. The van der Waals surface area contributed by atoms with Crippen molar-refractivity contribution in [1.82, 2.24) is 9.62 Å². The molecule has 0 atom stereocenters.